The predicted octanol–water partition coefficient (Wildman–Crippen LogP) is 3.58. The second kappa shape index (κ2) is 10.4. The maximum absolute atomic E-state index is 13.7. The average molecular weight is 445 g/mol. The molecule has 0 radical (unpaired) electrons. The van der Waals surface area contributed by atoms with Gasteiger partial charge in [0.1, 0.15) is 17.2 Å². The van der Waals surface area contributed by atoms with Crippen LogP contribution in [0.2, 0.25) is 0 Å². The van der Waals surface area contributed by atoms with Gasteiger partial charge in [-0.05, 0) is 39.3 Å². The first-order valence-corrected chi connectivity index (χ1v) is 11.0. The van der Waals surface area contributed by atoms with Crippen molar-refractivity contribution in [3.8, 4) is 0 Å². The van der Waals surface area contributed by atoms with Gasteiger partial charge in [-0.25, -0.2) is 13.6 Å². The highest BCUT2D eigenvalue weighted by Crippen LogP contribution is 2.29. The lowest BCUT2D eigenvalue weighted by Crippen LogP contribution is -2.51. The Balaban J connectivity index is 1.98. The van der Waals surface area contributed by atoms with Crippen molar-refractivity contribution in [2.24, 2.45) is 5.92 Å². The number of rotatable bonds is 7. The molecule has 0 saturated carbocycles. The largest absolute Gasteiger partial charge is 0.444 e. The van der Waals surface area contributed by atoms with Crippen molar-refractivity contribution in [2.75, 3.05) is 25.3 Å². The van der Waals surface area contributed by atoms with Gasteiger partial charge in [0.25, 0.3) is 0 Å². The number of methoxy groups -OCH3 is 1. The Bertz CT molecular complexity index is 737. The van der Waals surface area contributed by atoms with E-state index in [0.29, 0.717) is 11.6 Å². The number of hydrogen-bond donors (Lipinski definition) is 1. The summed E-state index contributed by atoms with van der Waals surface area (Å²) in [5.74, 6) is -1.07. The van der Waals surface area contributed by atoms with Gasteiger partial charge in [0.2, 0.25) is 5.91 Å². The topological polar surface area (TPSA) is 67.9 Å². The molecule has 6 nitrogen and oxygen atoms in total. The minimum absolute atomic E-state index is 0.0396. The summed E-state index contributed by atoms with van der Waals surface area (Å²) in [7, 11) is 1.50. The van der Waals surface area contributed by atoms with Gasteiger partial charge in [-0.3, -0.25) is 9.69 Å². The summed E-state index contributed by atoms with van der Waals surface area (Å²) >= 11 is 1.57. The maximum atomic E-state index is 13.7. The van der Waals surface area contributed by atoms with Crippen molar-refractivity contribution in [3.05, 3.63) is 35.4 Å². The molecule has 1 aliphatic rings. The van der Waals surface area contributed by atoms with Crippen molar-refractivity contribution in [1.82, 2.24) is 10.2 Å². The van der Waals surface area contributed by atoms with Crippen molar-refractivity contribution >= 4 is 23.8 Å². The van der Waals surface area contributed by atoms with E-state index < -0.39 is 35.4 Å². The van der Waals surface area contributed by atoms with Gasteiger partial charge in [-0.2, -0.15) is 0 Å². The van der Waals surface area contributed by atoms with Gasteiger partial charge in [-0.1, -0.05) is 13.0 Å². The van der Waals surface area contributed by atoms with E-state index in [1.54, 1.807) is 44.4 Å². The van der Waals surface area contributed by atoms with Crippen molar-refractivity contribution < 1.29 is 27.8 Å². The summed E-state index contributed by atoms with van der Waals surface area (Å²) in [6.07, 6.45) is -0.947. The van der Waals surface area contributed by atoms with Crippen molar-refractivity contribution in [2.45, 2.75) is 51.9 Å². The van der Waals surface area contributed by atoms with Gasteiger partial charge in [-0.15, -0.1) is 11.8 Å². The standard InChI is InChI=1S/C21H30F2N2O4S/c1-13(19(26)24-10-9-14-15(22)7-6-8-16(14)23)18(28-5)17-11-30-12-25(17)20(27)29-21(2,3)4/h6-8,13,17-18H,9-12H2,1-5H3,(H,24,26)/t13-,17?,18-/m1/s1. The number of hydrogen-bond acceptors (Lipinski definition) is 5. The van der Waals surface area contributed by atoms with Crippen LogP contribution in [-0.2, 0) is 20.7 Å². The van der Waals surface area contributed by atoms with Crippen LogP contribution in [0.15, 0.2) is 18.2 Å². The summed E-state index contributed by atoms with van der Waals surface area (Å²) in [5.41, 5.74) is -0.681. The van der Waals surface area contributed by atoms with Crippen LogP contribution in [0.1, 0.15) is 33.3 Å². The molecule has 0 aliphatic carbocycles. The van der Waals surface area contributed by atoms with Crippen LogP contribution < -0.4 is 5.32 Å². The Morgan fingerprint density at radius 2 is 1.93 bits per heavy atom. The number of halogens is 2. The van der Waals surface area contributed by atoms with E-state index in [9.17, 15) is 18.4 Å². The Hall–Kier alpha value is -1.87. The zero-order valence-electron chi connectivity index (χ0n) is 18.0. The smallest absolute Gasteiger partial charge is 0.411 e. The fraction of sp³-hybridized carbons (Fsp3) is 0.619. The average Bonchev–Trinajstić information content (AvgIpc) is 3.12. The zero-order valence-corrected chi connectivity index (χ0v) is 18.9. The van der Waals surface area contributed by atoms with Crippen LogP contribution in [0.3, 0.4) is 0 Å². The first-order chi connectivity index (χ1) is 14.0. The number of nitrogens with one attached hydrogen (secondary N) is 1. The van der Waals surface area contributed by atoms with Crippen LogP contribution in [0.5, 0.6) is 0 Å². The van der Waals surface area contributed by atoms with E-state index in [1.165, 1.54) is 25.3 Å². The Morgan fingerprint density at radius 3 is 2.50 bits per heavy atom. The van der Waals surface area contributed by atoms with E-state index in [0.717, 1.165) is 0 Å². The number of thioether (sulfide) groups is 1. The highest BCUT2D eigenvalue weighted by atomic mass is 32.2. The van der Waals surface area contributed by atoms with E-state index in [2.05, 4.69) is 5.32 Å². The number of carbonyl (C=O) groups excluding carboxylic acids is 2. The highest BCUT2D eigenvalue weighted by molar-refractivity contribution is 7.99. The summed E-state index contributed by atoms with van der Waals surface area (Å²) in [4.78, 5) is 26.8. The van der Waals surface area contributed by atoms with Gasteiger partial charge in [0, 0.05) is 25.0 Å². The lowest BCUT2D eigenvalue weighted by Gasteiger charge is -2.34. The first-order valence-electron chi connectivity index (χ1n) is 9.86. The number of ether oxygens (including phenoxy) is 2. The van der Waals surface area contributed by atoms with Crippen LogP contribution in [0.4, 0.5) is 13.6 Å². The van der Waals surface area contributed by atoms with Crippen LogP contribution in [0.25, 0.3) is 0 Å². The Kier molecular flexibility index (Phi) is 8.49. The molecule has 1 fully saturated rings. The molecule has 1 heterocycles. The first kappa shape index (κ1) is 24.4. The SMILES string of the molecule is CO[C@@H](C1CSCN1C(=O)OC(C)(C)C)[C@@H](C)C(=O)NCCc1c(F)cccc1F. The predicted molar refractivity (Wildman–Crippen MR) is 112 cm³/mol. The summed E-state index contributed by atoms with van der Waals surface area (Å²) in [6.45, 7) is 7.19. The molecule has 168 valence electrons. The molecule has 30 heavy (non-hydrogen) atoms. The van der Waals surface area contributed by atoms with E-state index >= 15 is 0 Å². The number of carbonyl (C=O) groups is 2. The van der Waals surface area contributed by atoms with Gasteiger partial charge in [0.15, 0.2) is 0 Å². The quantitative estimate of drug-likeness (QED) is 0.696. The molecule has 3 atom stereocenters. The Labute approximate surface area is 180 Å². The molecule has 1 N–H and O–H groups in total. The third-order valence-electron chi connectivity index (χ3n) is 4.84. The highest BCUT2D eigenvalue weighted by Gasteiger charge is 2.41. The monoisotopic (exact) mass is 444 g/mol. The minimum atomic E-state index is -0.636. The third kappa shape index (κ3) is 6.31. The van der Waals surface area contributed by atoms with Crippen LogP contribution in [0, 0.1) is 17.6 Å². The molecule has 2 rings (SSSR count). The molecular weight excluding hydrogens is 414 g/mol. The molecule has 1 aromatic carbocycles. The number of nitrogens with zero attached hydrogens (tertiary/aromatic N) is 1. The molecule has 1 aliphatic heterocycles. The van der Waals surface area contributed by atoms with E-state index in [1.807, 2.05) is 0 Å². The number of amides is 2. The molecule has 0 aromatic heterocycles. The van der Waals surface area contributed by atoms with Crippen LogP contribution >= 0.6 is 11.8 Å². The second-order valence-corrected chi connectivity index (χ2v) is 9.25. The fourth-order valence-corrected chi connectivity index (χ4v) is 4.53. The molecule has 1 aromatic rings. The zero-order chi connectivity index (χ0) is 22.5. The molecular formula is C21H30F2N2O4S. The van der Waals surface area contributed by atoms with Crippen molar-refractivity contribution in [1.29, 1.82) is 0 Å². The third-order valence-corrected chi connectivity index (χ3v) is 5.88. The normalized spacial score (nSPS) is 18.8. The maximum Gasteiger partial charge on any atom is 0.411 e. The van der Waals surface area contributed by atoms with E-state index in [4.69, 9.17) is 9.47 Å². The summed E-state index contributed by atoms with van der Waals surface area (Å²) in [5, 5.41) is 2.71. The lowest BCUT2D eigenvalue weighted by atomic mass is 9.96. The van der Waals surface area contributed by atoms with Crippen molar-refractivity contribution in [3.63, 3.8) is 0 Å². The van der Waals surface area contributed by atoms with Gasteiger partial charge < -0.3 is 14.8 Å². The minimum Gasteiger partial charge on any atom is -0.444 e. The molecule has 9 heteroatoms. The summed E-state index contributed by atoms with van der Waals surface area (Å²) in [6, 6.07) is 3.35. The lowest BCUT2D eigenvalue weighted by molar-refractivity contribution is -0.130. The second-order valence-electron chi connectivity index (χ2n) is 8.25. The fourth-order valence-electron chi connectivity index (χ4n) is 3.32. The molecule has 0 spiro atoms. The molecule has 1 saturated heterocycles. The summed E-state index contributed by atoms with van der Waals surface area (Å²) < 4.78 is 38.5. The van der Waals surface area contributed by atoms with Gasteiger partial charge >= 0.3 is 6.09 Å². The molecule has 2 amide bonds. The molecule has 0 bridgehead atoms. The Morgan fingerprint density at radius 1 is 1.30 bits per heavy atom. The van der Waals surface area contributed by atoms with Gasteiger partial charge in [0.05, 0.1) is 23.9 Å². The molecule has 1 unspecified atom stereocenters. The van der Waals surface area contributed by atoms with E-state index in [-0.39, 0.29) is 30.5 Å². The number of benzene rings is 1. The van der Waals surface area contributed by atoms with Crippen LogP contribution in [-0.4, -0.2) is 59.9 Å².